The van der Waals surface area contributed by atoms with Gasteiger partial charge in [-0.15, -0.1) is 18.3 Å². The van der Waals surface area contributed by atoms with Gasteiger partial charge >= 0.3 is 6.36 Å². The maximum atomic E-state index is 12.4. The van der Waals surface area contributed by atoms with Gasteiger partial charge in [-0.1, -0.05) is 67.6 Å². The Morgan fingerprint density at radius 3 is 2.53 bits per heavy atom. The van der Waals surface area contributed by atoms with Crippen molar-refractivity contribution in [1.82, 2.24) is 20.2 Å². The molecule has 0 radical (unpaired) electrons. The van der Waals surface area contributed by atoms with E-state index in [1.54, 1.807) is 18.0 Å². The fourth-order valence-electron chi connectivity index (χ4n) is 4.41. The van der Waals surface area contributed by atoms with Gasteiger partial charge in [-0.2, -0.15) is 10.1 Å². The van der Waals surface area contributed by atoms with Gasteiger partial charge in [0, 0.05) is 23.5 Å². The topological polar surface area (TPSA) is 79.9 Å². The lowest BCUT2D eigenvalue weighted by atomic mass is 9.98. The zero-order valence-electron chi connectivity index (χ0n) is 23.5. The van der Waals surface area contributed by atoms with Crippen molar-refractivity contribution in [2.45, 2.75) is 33.1 Å². The molecule has 1 saturated heterocycles. The number of aliphatic imine (C=N–C) groups is 1. The molecular formula is C30H28F3N7OS2. The standard InChI is InChI=1S/C30H28F3N7OS2/c1-19(2)25-16-20(3)4-13-26(25)39-14-15-43-29(39)36-28(42)37-35-17-21-5-7-22(8-6-21)27-34-18-40(38-27)23-9-11-24(12-10-23)41-30(31,32)33/h4-13,16-19H,14-15H2,1-3H3,(H,37,42)/b35-17+,36-29-. The first-order chi connectivity index (χ1) is 20.6. The Labute approximate surface area is 256 Å². The third-order valence-electron chi connectivity index (χ3n) is 6.44. The van der Waals surface area contributed by atoms with Gasteiger partial charge in [0.2, 0.25) is 5.11 Å². The smallest absolute Gasteiger partial charge is 0.406 e. The van der Waals surface area contributed by atoms with Crippen molar-refractivity contribution in [3.8, 4) is 22.8 Å². The number of thioether (sulfide) groups is 1. The predicted octanol–water partition coefficient (Wildman–Crippen LogP) is 7.08. The molecule has 0 saturated carbocycles. The van der Waals surface area contributed by atoms with Crippen LogP contribution in [0.5, 0.6) is 5.75 Å². The second-order valence-electron chi connectivity index (χ2n) is 9.96. The Kier molecular flexibility index (Phi) is 9.11. The first-order valence-corrected chi connectivity index (χ1v) is 14.8. The molecule has 5 rings (SSSR count). The Bertz CT molecular complexity index is 1650. The molecule has 1 aliphatic rings. The molecule has 222 valence electrons. The minimum absolute atomic E-state index is 0.271. The van der Waals surface area contributed by atoms with Crippen molar-refractivity contribution in [2.75, 3.05) is 17.2 Å². The summed E-state index contributed by atoms with van der Waals surface area (Å²) in [6.45, 7) is 7.35. The molecule has 2 heterocycles. The fraction of sp³-hybridized carbons (Fsp3) is 0.233. The largest absolute Gasteiger partial charge is 0.573 e. The highest BCUT2D eigenvalue weighted by Gasteiger charge is 2.31. The van der Waals surface area contributed by atoms with Gasteiger partial charge in [0.25, 0.3) is 0 Å². The maximum absolute atomic E-state index is 12.4. The van der Waals surface area contributed by atoms with Crippen molar-refractivity contribution in [2.24, 2.45) is 10.1 Å². The van der Waals surface area contributed by atoms with Gasteiger partial charge < -0.3 is 9.64 Å². The van der Waals surface area contributed by atoms with E-state index < -0.39 is 6.36 Å². The molecule has 43 heavy (non-hydrogen) atoms. The molecular weight excluding hydrogens is 596 g/mol. The zero-order chi connectivity index (χ0) is 30.6. The highest BCUT2D eigenvalue weighted by Crippen LogP contribution is 2.33. The number of ether oxygens (including phenoxy) is 1. The quantitative estimate of drug-likeness (QED) is 0.134. The lowest BCUT2D eigenvalue weighted by Crippen LogP contribution is -2.27. The summed E-state index contributed by atoms with van der Waals surface area (Å²) in [7, 11) is 0. The van der Waals surface area contributed by atoms with Crippen LogP contribution in [0.2, 0.25) is 0 Å². The average Bonchev–Trinajstić information content (AvgIpc) is 3.63. The summed E-state index contributed by atoms with van der Waals surface area (Å²) in [5, 5.41) is 9.79. The lowest BCUT2D eigenvalue weighted by Gasteiger charge is -2.23. The molecule has 0 spiro atoms. The minimum atomic E-state index is -4.74. The van der Waals surface area contributed by atoms with Gasteiger partial charge in [-0.3, -0.25) is 5.43 Å². The van der Waals surface area contributed by atoms with E-state index in [2.05, 4.69) is 74.2 Å². The lowest BCUT2D eigenvalue weighted by molar-refractivity contribution is -0.274. The molecule has 13 heteroatoms. The Hall–Kier alpha value is -4.23. The number of nitrogens with zero attached hydrogens (tertiary/aromatic N) is 6. The number of nitrogens with one attached hydrogen (secondary N) is 1. The highest BCUT2D eigenvalue weighted by atomic mass is 32.2. The third-order valence-corrected chi connectivity index (χ3v) is 7.58. The second-order valence-corrected chi connectivity index (χ2v) is 11.4. The third kappa shape index (κ3) is 7.79. The number of hydrazone groups is 1. The van der Waals surface area contributed by atoms with Crippen molar-refractivity contribution >= 4 is 46.2 Å². The molecule has 1 aromatic heterocycles. The number of benzene rings is 3. The first-order valence-electron chi connectivity index (χ1n) is 13.4. The molecule has 1 N–H and O–H groups in total. The molecule has 1 aliphatic heterocycles. The summed E-state index contributed by atoms with van der Waals surface area (Å²) < 4.78 is 42.6. The highest BCUT2D eigenvalue weighted by molar-refractivity contribution is 8.14. The van der Waals surface area contributed by atoms with Gasteiger partial charge in [0.15, 0.2) is 11.0 Å². The molecule has 3 aromatic carbocycles. The Balaban J connectivity index is 1.19. The zero-order valence-corrected chi connectivity index (χ0v) is 25.2. The van der Waals surface area contributed by atoms with Crippen LogP contribution in [0.3, 0.4) is 0 Å². The molecule has 8 nitrogen and oxygen atoms in total. The molecule has 0 atom stereocenters. The molecule has 1 fully saturated rings. The second kappa shape index (κ2) is 13.0. The molecule has 0 aliphatic carbocycles. The predicted molar refractivity (Wildman–Crippen MR) is 169 cm³/mol. The van der Waals surface area contributed by atoms with Crippen LogP contribution in [0, 0.1) is 6.92 Å². The molecule has 0 unspecified atom stereocenters. The Morgan fingerprint density at radius 2 is 1.84 bits per heavy atom. The summed E-state index contributed by atoms with van der Waals surface area (Å²) in [5.41, 5.74) is 8.63. The van der Waals surface area contributed by atoms with Crippen LogP contribution >= 0.6 is 24.0 Å². The number of aryl methyl sites for hydroxylation is 1. The van der Waals surface area contributed by atoms with Crippen LogP contribution in [0.15, 0.2) is 83.2 Å². The van der Waals surface area contributed by atoms with Crippen LogP contribution in [-0.2, 0) is 0 Å². The van der Waals surface area contributed by atoms with E-state index in [1.165, 1.54) is 46.4 Å². The summed E-state index contributed by atoms with van der Waals surface area (Å²) in [6, 6.07) is 19.3. The summed E-state index contributed by atoms with van der Waals surface area (Å²) in [6.07, 6.45) is -1.61. The van der Waals surface area contributed by atoms with E-state index in [0.717, 1.165) is 34.3 Å². The number of hydrogen-bond acceptors (Lipinski definition) is 6. The SMILES string of the molecule is Cc1ccc(N2CCS/C2=N\C(=S)N/N=C/c2ccc(-c3ncn(-c4ccc(OC(F)(F)F)cc4)n3)cc2)c(C(C)C)c1. The maximum Gasteiger partial charge on any atom is 0.573 e. The van der Waals surface area contributed by atoms with E-state index in [-0.39, 0.29) is 10.9 Å². The number of anilines is 1. The summed E-state index contributed by atoms with van der Waals surface area (Å²) >= 11 is 7.11. The average molecular weight is 624 g/mol. The van der Waals surface area contributed by atoms with Crippen LogP contribution < -0.4 is 15.1 Å². The van der Waals surface area contributed by atoms with Crippen molar-refractivity contribution in [3.63, 3.8) is 0 Å². The number of amidine groups is 1. The van der Waals surface area contributed by atoms with Crippen LogP contribution in [-0.4, -0.2) is 49.9 Å². The monoisotopic (exact) mass is 623 g/mol. The molecule has 4 aromatic rings. The van der Waals surface area contributed by atoms with Crippen LogP contribution in [0.4, 0.5) is 18.9 Å². The number of halogens is 3. The van der Waals surface area contributed by atoms with E-state index in [4.69, 9.17) is 12.2 Å². The number of alkyl halides is 3. The summed E-state index contributed by atoms with van der Waals surface area (Å²) in [5.74, 6) is 1.47. The number of hydrogen-bond donors (Lipinski definition) is 1. The van der Waals surface area contributed by atoms with Gasteiger partial charge in [-0.25, -0.2) is 9.67 Å². The van der Waals surface area contributed by atoms with Crippen molar-refractivity contribution in [1.29, 1.82) is 0 Å². The van der Waals surface area contributed by atoms with Crippen LogP contribution in [0.1, 0.15) is 36.5 Å². The van der Waals surface area contributed by atoms with Gasteiger partial charge in [-0.05, 0) is 66.5 Å². The number of rotatable bonds is 7. The van der Waals surface area contributed by atoms with Crippen molar-refractivity contribution < 1.29 is 17.9 Å². The number of aromatic nitrogens is 3. The van der Waals surface area contributed by atoms with E-state index in [0.29, 0.717) is 17.4 Å². The first kappa shape index (κ1) is 30.2. The Morgan fingerprint density at radius 1 is 1.09 bits per heavy atom. The summed E-state index contributed by atoms with van der Waals surface area (Å²) in [4.78, 5) is 11.1. The van der Waals surface area contributed by atoms with Gasteiger partial charge in [0.1, 0.15) is 12.1 Å². The molecule has 0 amide bonds. The molecule has 0 bridgehead atoms. The van der Waals surface area contributed by atoms with E-state index in [1.807, 2.05) is 24.3 Å². The minimum Gasteiger partial charge on any atom is -0.406 e. The van der Waals surface area contributed by atoms with E-state index in [9.17, 15) is 13.2 Å². The van der Waals surface area contributed by atoms with Gasteiger partial charge in [0.05, 0.1) is 11.9 Å². The number of thiocarbonyl (C=S) groups is 1. The van der Waals surface area contributed by atoms with Crippen molar-refractivity contribution in [3.05, 3.63) is 89.7 Å². The van der Waals surface area contributed by atoms with Crippen LogP contribution in [0.25, 0.3) is 17.1 Å². The fourth-order valence-corrected chi connectivity index (χ4v) is 5.57. The van der Waals surface area contributed by atoms with E-state index >= 15 is 0 Å². The normalized spacial score (nSPS) is 14.7.